The molecule has 0 fully saturated rings. The maximum atomic E-state index is 13.4. The molecule has 2 amide bonds. The van der Waals surface area contributed by atoms with E-state index in [4.69, 9.17) is 14.6 Å². The molecule has 2 aromatic rings. The molecule has 1 aromatic heterocycles. The van der Waals surface area contributed by atoms with Gasteiger partial charge in [-0.15, -0.1) is 0 Å². The number of nitrogens with one attached hydrogen (secondary N) is 1. The Hall–Kier alpha value is -3.11. The highest BCUT2D eigenvalue weighted by Gasteiger charge is 2.27. The van der Waals surface area contributed by atoms with Gasteiger partial charge in [-0.1, -0.05) is 6.07 Å². The molecule has 2 N–H and O–H groups in total. The summed E-state index contributed by atoms with van der Waals surface area (Å²) in [4.78, 5) is 42.8. The largest absolute Gasteiger partial charge is 0.491 e. The van der Waals surface area contributed by atoms with Crippen molar-refractivity contribution in [2.24, 2.45) is 0 Å². The van der Waals surface area contributed by atoms with Crippen LogP contribution in [-0.2, 0) is 4.79 Å². The van der Waals surface area contributed by atoms with E-state index in [0.29, 0.717) is 36.0 Å². The first kappa shape index (κ1) is 25.2. The Balaban J connectivity index is 2.44. The molecule has 0 bridgehead atoms. The number of hydrogen-bond donors (Lipinski definition) is 2. The van der Waals surface area contributed by atoms with Crippen molar-refractivity contribution in [3.8, 4) is 11.6 Å². The molecule has 10 heteroatoms. The number of amides is 2. The molecule has 0 aliphatic rings. The highest BCUT2D eigenvalue weighted by atomic mass is 32.2. The second-order valence-electron chi connectivity index (χ2n) is 6.65. The minimum absolute atomic E-state index is 0.0340. The van der Waals surface area contributed by atoms with Crippen LogP contribution in [0.3, 0.4) is 0 Å². The van der Waals surface area contributed by atoms with Crippen LogP contribution in [0.5, 0.6) is 11.6 Å². The lowest BCUT2D eigenvalue weighted by Crippen LogP contribution is -2.34. The number of anilines is 1. The lowest BCUT2D eigenvalue weighted by atomic mass is 10.0. The van der Waals surface area contributed by atoms with Gasteiger partial charge in [0.25, 0.3) is 11.8 Å². The number of carbonyl (C=O) groups is 3. The van der Waals surface area contributed by atoms with Crippen LogP contribution in [0.1, 0.15) is 39.4 Å². The van der Waals surface area contributed by atoms with Crippen molar-refractivity contribution in [3.63, 3.8) is 0 Å². The van der Waals surface area contributed by atoms with E-state index in [1.54, 1.807) is 25.2 Å². The van der Waals surface area contributed by atoms with Crippen LogP contribution in [0, 0.1) is 0 Å². The third kappa shape index (κ3) is 5.77. The predicted molar refractivity (Wildman–Crippen MR) is 123 cm³/mol. The molecule has 9 nitrogen and oxygen atoms in total. The molecular formula is C22H27N3O6S. The Morgan fingerprint density at radius 3 is 2.66 bits per heavy atom. The number of aromatic nitrogens is 1. The first-order valence-electron chi connectivity index (χ1n) is 9.84. The topological polar surface area (TPSA) is 118 Å². The second kappa shape index (κ2) is 12.1. The summed E-state index contributed by atoms with van der Waals surface area (Å²) >= 11 is 1.54. The van der Waals surface area contributed by atoms with E-state index in [1.165, 1.54) is 35.9 Å². The SMILES string of the molecule is CCOc1nc(C(CSC)N(C)C(=O)c2cccc(NC(=O)CO)c2C=O)ccc1OC. The molecule has 0 saturated heterocycles. The van der Waals surface area contributed by atoms with Gasteiger partial charge in [-0.3, -0.25) is 14.4 Å². The van der Waals surface area contributed by atoms with Crippen LogP contribution in [0.25, 0.3) is 0 Å². The van der Waals surface area contributed by atoms with E-state index in [1.807, 2.05) is 13.2 Å². The molecular weight excluding hydrogens is 434 g/mol. The molecule has 32 heavy (non-hydrogen) atoms. The fourth-order valence-corrected chi connectivity index (χ4v) is 3.80. The summed E-state index contributed by atoms with van der Waals surface area (Å²) in [5.41, 5.74) is 0.924. The summed E-state index contributed by atoms with van der Waals surface area (Å²) in [6.07, 6.45) is 2.43. The van der Waals surface area contributed by atoms with Crippen molar-refractivity contribution in [3.05, 3.63) is 47.2 Å². The zero-order valence-corrected chi connectivity index (χ0v) is 19.3. The number of rotatable bonds is 11. The molecule has 0 radical (unpaired) electrons. The summed E-state index contributed by atoms with van der Waals surface area (Å²) in [5.74, 6) is 0.272. The van der Waals surface area contributed by atoms with Gasteiger partial charge in [0.05, 0.1) is 42.3 Å². The minimum Gasteiger partial charge on any atom is -0.491 e. The summed E-state index contributed by atoms with van der Waals surface area (Å²) in [6, 6.07) is 7.65. The number of pyridine rings is 1. The molecule has 0 saturated carbocycles. The average Bonchev–Trinajstić information content (AvgIpc) is 2.81. The smallest absolute Gasteiger partial charge is 0.257 e. The van der Waals surface area contributed by atoms with E-state index >= 15 is 0 Å². The lowest BCUT2D eigenvalue weighted by molar-refractivity contribution is -0.118. The molecule has 1 heterocycles. The fraction of sp³-hybridized carbons (Fsp3) is 0.364. The monoisotopic (exact) mass is 461 g/mol. The lowest BCUT2D eigenvalue weighted by Gasteiger charge is -2.28. The van der Waals surface area contributed by atoms with Crippen molar-refractivity contribution in [2.45, 2.75) is 13.0 Å². The van der Waals surface area contributed by atoms with Gasteiger partial charge in [-0.05, 0) is 37.4 Å². The molecule has 2 rings (SSSR count). The van der Waals surface area contributed by atoms with Gasteiger partial charge < -0.3 is 24.8 Å². The van der Waals surface area contributed by atoms with E-state index < -0.39 is 24.5 Å². The van der Waals surface area contributed by atoms with E-state index in [2.05, 4.69) is 10.3 Å². The maximum absolute atomic E-state index is 13.4. The number of methoxy groups -OCH3 is 1. The van der Waals surface area contributed by atoms with Crippen molar-refractivity contribution in [1.82, 2.24) is 9.88 Å². The Kier molecular flexibility index (Phi) is 9.48. The standard InChI is InChI=1S/C22H27N3O6S/c1-5-31-21-19(30-3)10-9-17(24-21)18(13-32-4)25(2)22(29)14-7-6-8-16(15(14)11-26)23-20(28)12-27/h6-11,18,27H,5,12-13H2,1-4H3,(H,23,28). The number of ether oxygens (including phenoxy) is 2. The number of hydrogen-bond acceptors (Lipinski definition) is 8. The molecule has 1 aromatic carbocycles. The van der Waals surface area contributed by atoms with E-state index in [-0.39, 0.29) is 16.8 Å². The highest BCUT2D eigenvalue weighted by molar-refractivity contribution is 7.98. The number of aliphatic hydroxyl groups is 1. The third-order valence-corrected chi connectivity index (χ3v) is 5.32. The van der Waals surface area contributed by atoms with Gasteiger partial charge in [0.15, 0.2) is 12.0 Å². The van der Waals surface area contributed by atoms with Gasteiger partial charge in [-0.2, -0.15) is 11.8 Å². The fourth-order valence-electron chi connectivity index (χ4n) is 3.09. The van der Waals surface area contributed by atoms with E-state index in [0.717, 1.165) is 0 Å². The van der Waals surface area contributed by atoms with Crippen LogP contribution < -0.4 is 14.8 Å². The molecule has 1 unspecified atom stereocenters. The van der Waals surface area contributed by atoms with Gasteiger partial charge in [0.2, 0.25) is 5.91 Å². The molecule has 0 spiro atoms. The average molecular weight is 462 g/mol. The normalized spacial score (nSPS) is 11.4. The maximum Gasteiger partial charge on any atom is 0.257 e. The zero-order chi connectivity index (χ0) is 23.7. The first-order valence-corrected chi connectivity index (χ1v) is 11.2. The van der Waals surface area contributed by atoms with Crippen LogP contribution in [0.2, 0.25) is 0 Å². The Morgan fingerprint density at radius 1 is 1.31 bits per heavy atom. The molecule has 172 valence electrons. The summed E-state index contributed by atoms with van der Waals surface area (Å²) < 4.78 is 10.9. The zero-order valence-electron chi connectivity index (χ0n) is 18.5. The van der Waals surface area contributed by atoms with Crippen molar-refractivity contribution < 1.29 is 29.0 Å². The Labute approximate surface area is 191 Å². The van der Waals surface area contributed by atoms with Gasteiger partial charge in [-0.25, -0.2) is 4.98 Å². The molecule has 0 aliphatic heterocycles. The number of thioether (sulfide) groups is 1. The van der Waals surface area contributed by atoms with Crippen LogP contribution in [0.15, 0.2) is 30.3 Å². The quantitative estimate of drug-likeness (QED) is 0.490. The number of nitrogens with zero attached hydrogens (tertiary/aromatic N) is 2. The number of aldehydes is 1. The predicted octanol–water partition coefficient (Wildman–Crippen LogP) is 2.41. The van der Waals surface area contributed by atoms with E-state index in [9.17, 15) is 14.4 Å². The van der Waals surface area contributed by atoms with Crippen molar-refractivity contribution >= 4 is 35.5 Å². The van der Waals surface area contributed by atoms with Crippen LogP contribution >= 0.6 is 11.8 Å². The number of aliphatic hydroxyl groups excluding tert-OH is 1. The molecule has 1 atom stereocenters. The second-order valence-corrected chi connectivity index (χ2v) is 7.57. The van der Waals surface area contributed by atoms with Gasteiger partial charge in [0.1, 0.15) is 6.61 Å². The Morgan fingerprint density at radius 2 is 2.06 bits per heavy atom. The highest BCUT2D eigenvalue weighted by Crippen LogP contribution is 2.31. The summed E-state index contributed by atoms with van der Waals surface area (Å²) in [5, 5.41) is 11.4. The number of benzene rings is 1. The third-order valence-electron chi connectivity index (χ3n) is 4.67. The number of carbonyl (C=O) groups excluding carboxylic acids is 3. The van der Waals surface area contributed by atoms with Crippen molar-refractivity contribution in [1.29, 1.82) is 0 Å². The molecule has 0 aliphatic carbocycles. The minimum atomic E-state index is -0.739. The summed E-state index contributed by atoms with van der Waals surface area (Å²) in [6.45, 7) is 1.51. The van der Waals surface area contributed by atoms with Gasteiger partial charge >= 0.3 is 0 Å². The van der Waals surface area contributed by atoms with Crippen molar-refractivity contribution in [2.75, 3.05) is 44.7 Å². The Bertz CT molecular complexity index is 969. The van der Waals surface area contributed by atoms with Crippen LogP contribution in [0.4, 0.5) is 5.69 Å². The van der Waals surface area contributed by atoms with Crippen LogP contribution in [-0.4, -0.2) is 72.5 Å². The first-order chi connectivity index (χ1) is 15.4. The summed E-state index contributed by atoms with van der Waals surface area (Å²) in [7, 11) is 3.15. The van der Waals surface area contributed by atoms with Gasteiger partial charge in [0, 0.05) is 12.8 Å².